The van der Waals surface area contributed by atoms with Crippen molar-refractivity contribution in [3.05, 3.63) is 144 Å². The van der Waals surface area contributed by atoms with Crippen LogP contribution in [-0.4, -0.2) is 221 Å². The Hall–Kier alpha value is -5.87. The number of fused-ring (bicyclic) bond motifs is 2. The number of carbonyl (C=O) groups is 3. The van der Waals surface area contributed by atoms with Crippen molar-refractivity contribution in [1.82, 2.24) is 15.1 Å². The summed E-state index contributed by atoms with van der Waals surface area (Å²) >= 11 is 0. The fourth-order valence-electron chi connectivity index (χ4n) is 12.4. The Balaban J connectivity index is 0.889. The van der Waals surface area contributed by atoms with Crippen LogP contribution in [-0.2, 0) is 74.9 Å². The summed E-state index contributed by atoms with van der Waals surface area (Å²) in [5, 5.41) is 62.6. The highest BCUT2D eigenvalue weighted by Gasteiger charge is 2.58. The van der Waals surface area contributed by atoms with E-state index in [9.17, 15) is 39.9 Å². The smallest absolute Gasteiger partial charge is 0.412 e. The van der Waals surface area contributed by atoms with Crippen LogP contribution in [0, 0.1) is 0 Å². The zero-order valence-electron chi connectivity index (χ0n) is 51.6. The molecule has 4 aromatic rings. The Morgan fingerprint density at radius 3 is 1.50 bits per heavy atom. The summed E-state index contributed by atoms with van der Waals surface area (Å²) in [5.41, 5.74) is 29.4. The summed E-state index contributed by atoms with van der Waals surface area (Å²) in [6.07, 6.45) is -24.6. The minimum atomic E-state index is -1.83. The number of unbranched alkanes of at least 4 members (excludes halogenated alkanes) is 2. The maximum Gasteiger partial charge on any atom is 0.412 e. The van der Waals surface area contributed by atoms with Crippen LogP contribution in [0.4, 0.5) is 9.59 Å². The van der Waals surface area contributed by atoms with Crippen LogP contribution in [0.1, 0.15) is 80.7 Å². The summed E-state index contributed by atoms with van der Waals surface area (Å²) in [6.45, 7) is 3.17. The molecule has 0 spiro atoms. The van der Waals surface area contributed by atoms with Gasteiger partial charge in [0.1, 0.15) is 92.6 Å². The lowest BCUT2D eigenvalue weighted by atomic mass is 9.83. The van der Waals surface area contributed by atoms with Crippen LogP contribution >= 0.6 is 0 Å². The summed E-state index contributed by atoms with van der Waals surface area (Å²) in [4.78, 5) is 45.2. The molecule has 5 saturated heterocycles. The van der Waals surface area contributed by atoms with Crippen LogP contribution in [0.25, 0.3) is 0 Å². The van der Waals surface area contributed by atoms with Crippen molar-refractivity contribution in [1.29, 1.82) is 0 Å². The maximum atomic E-state index is 14.5. The fraction of sp³-hybridized carbons (Fsp3) is 0.585. The molecule has 92 heavy (non-hydrogen) atoms. The number of aliphatic hydroxyl groups is 5. The third-order valence-corrected chi connectivity index (χ3v) is 17.5. The highest BCUT2D eigenvalue weighted by Crippen LogP contribution is 2.41. The Labute approximate surface area is 534 Å². The summed E-state index contributed by atoms with van der Waals surface area (Å²) in [7, 11) is 0. The lowest BCUT2D eigenvalue weighted by molar-refractivity contribution is -0.332. The van der Waals surface area contributed by atoms with Gasteiger partial charge in [-0.25, -0.2) is 9.59 Å². The Morgan fingerprint density at radius 1 is 0.576 bits per heavy atom. The van der Waals surface area contributed by atoms with Gasteiger partial charge in [-0.1, -0.05) is 148 Å². The molecule has 6 fully saturated rings. The summed E-state index contributed by atoms with van der Waals surface area (Å²) in [5.74, 6) is -0.669. The predicted octanol–water partition coefficient (Wildman–Crippen LogP) is 1.43. The van der Waals surface area contributed by atoms with Crippen molar-refractivity contribution in [3.63, 3.8) is 0 Å². The largest absolute Gasteiger partial charge is 0.444 e. The van der Waals surface area contributed by atoms with Crippen molar-refractivity contribution in [3.8, 4) is 0 Å². The Kier molecular flexibility index (Phi) is 24.4. The molecule has 504 valence electrons. The second kappa shape index (κ2) is 32.5. The van der Waals surface area contributed by atoms with E-state index in [1.54, 1.807) is 54.6 Å². The van der Waals surface area contributed by atoms with Gasteiger partial charge in [0.25, 0.3) is 5.91 Å². The zero-order valence-corrected chi connectivity index (χ0v) is 51.6. The van der Waals surface area contributed by atoms with E-state index >= 15 is 0 Å². The van der Waals surface area contributed by atoms with Crippen LogP contribution in [0.5, 0.6) is 0 Å². The second-order valence-corrected chi connectivity index (χ2v) is 24.0. The first kappa shape index (κ1) is 69.0. The molecule has 3 unspecified atom stereocenters. The lowest BCUT2D eigenvalue weighted by Crippen LogP contribution is -2.70. The van der Waals surface area contributed by atoms with E-state index in [0.29, 0.717) is 30.6 Å². The first-order valence-electron chi connectivity index (χ1n) is 31.7. The standard InChI is InChI=1S/C65H89N7O20/c1-3-5-27-81-42(30-66)56(82-28-6-4-2)58(78)70-41-29-40(67)52(90-61-46(68)49(75)53-43(85-61)31-71(59(88-53)38-23-15-9-16-24-38)64(79)83-34-36-19-11-7-12-20-36)57(48(41)74)92-63-51(77)55(45(33-73)87-63)91-62-47(69)50(76)54-44(86-62)32-72(60(89-54)39-25-17-10-18-26-39)65(80)84-35-37-21-13-8-14-22-37/h7-26,40-57,59-63,73-77H,3-6,27-35,66-69H2,1-2H3,(H,70,78)/t40-,41+,42+,43+,44-,45+,46+,47+,48-,49-,50+,51+,52+,53+,54+,55+,56-,57?,59?,60?,61+,62+,63-/m0/s1. The normalized spacial score (nSPS) is 34.4. The average Bonchev–Trinajstić information content (AvgIpc) is 0.946. The molecule has 14 N–H and O–H groups in total. The number of nitrogens with one attached hydrogen (secondary N) is 1. The van der Waals surface area contributed by atoms with E-state index in [-0.39, 0.29) is 45.9 Å². The predicted molar refractivity (Wildman–Crippen MR) is 325 cm³/mol. The van der Waals surface area contributed by atoms with Gasteiger partial charge >= 0.3 is 12.2 Å². The van der Waals surface area contributed by atoms with E-state index in [1.165, 1.54) is 9.80 Å². The number of benzene rings is 4. The topological polar surface area (TPSA) is 386 Å². The van der Waals surface area contributed by atoms with E-state index < -0.39 is 166 Å². The third kappa shape index (κ3) is 16.1. The SMILES string of the molecule is CCCCO[C@H](C(=O)N[C@@H]1C[C@H](N)[C@@H](O[C@H]2O[C@@H]3CN(C(=O)OCc4ccccc4)C(c4ccccc4)O[C@H]3[C@@H](O)[C@H]2N)C(O[C@@H]2O[C@H](CO)[C@@H](O[C@H]3O[C@H]4CN(C(=O)OCc5ccccc5)C(c5ccccc5)O[C@H]4[C@H](O)[C@H]3N)[C@H]2O)[C@H]1O)[C@@H](CN)OCCCC. The Bertz CT molecular complexity index is 2920. The number of hydrogen-bond donors (Lipinski definition) is 10. The van der Waals surface area contributed by atoms with E-state index in [0.717, 1.165) is 24.0 Å². The lowest BCUT2D eigenvalue weighted by Gasteiger charge is -2.52. The van der Waals surface area contributed by atoms with Crippen molar-refractivity contribution in [2.45, 2.75) is 200 Å². The second-order valence-electron chi connectivity index (χ2n) is 24.0. The molecular formula is C65H89N7O20. The van der Waals surface area contributed by atoms with E-state index in [4.69, 9.17) is 79.8 Å². The number of nitrogens with zero attached hydrogens (tertiary/aromatic N) is 2. The molecule has 5 aliphatic heterocycles. The minimum absolute atomic E-state index is 0.0483. The summed E-state index contributed by atoms with van der Waals surface area (Å²) < 4.78 is 75.4. The number of carbonyl (C=O) groups excluding carboxylic acids is 3. The van der Waals surface area contributed by atoms with Gasteiger partial charge in [0.2, 0.25) is 0 Å². The van der Waals surface area contributed by atoms with E-state index in [1.807, 2.05) is 80.6 Å². The zero-order chi connectivity index (χ0) is 65.0. The maximum absolute atomic E-state index is 14.5. The molecule has 27 heteroatoms. The molecule has 4 aromatic carbocycles. The molecule has 10 rings (SSSR count). The number of amides is 3. The fourth-order valence-corrected chi connectivity index (χ4v) is 12.4. The van der Waals surface area contributed by atoms with Crippen molar-refractivity contribution in [2.24, 2.45) is 22.9 Å². The molecular weight excluding hydrogens is 1200 g/mol. The van der Waals surface area contributed by atoms with Gasteiger partial charge in [-0.2, -0.15) is 0 Å². The average molecular weight is 1290 g/mol. The monoisotopic (exact) mass is 1290 g/mol. The minimum Gasteiger partial charge on any atom is -0.444 e. The van der Waals surface area contributed by atoms with Gasteiger partial charge in [0.15, 0.2) is 37.4 Å². The molecule has 5 heterocycles. The number of rotatable bonds is 25. The number of ether oxygens (including phenoxy) is 12. The summed E-state index contributed by atoms with van der Waals surface area (Å²) in [6, 6.07) is 30.9. The van der Waals surface area contributed by atoms with Gasteiger partial charge in [-0.15, -0.1) is 0 Å². The number of nitrogens with two attached hydrogens (primary N) is 4. The van der Waals surface area contributed by atoms with Crippen molar-refractivity contribution < 1.29 is 96.8 Å². The van der Waals surface area contributed by atoms with Crippen LogP contribution in [0.15, 0.2) is 121 Å². The molecule has 6 aliphatic rings. The number of aliphatic hydroxyl groups excluding tert-OH is 5. The van der Waals surface area contributed by atoms with Gasteiger partial charge in [-0.3, -0.25) is 14.6 Å². The van der Waals surface area contributed by atoms with Gasteiger partial charge in [0, 0.05) is 36.9 Å². The van der Waals surface area contributed by atoms with Crippen LogP contribution in [0.2, 0.25) is 0 Å². The molecule has 1 aliphatic carbocycles. The quantitative estimate of drug-likeness (QED) is 0.0420. The third-order valence-electron chi connectivity index (χ3n) is 17.5. The number of hydrogen-bond acceptors (Lipinski definition) is 24. The van der Waals surface area contributed by atoms with Gasteiger partial charge < -0.3 is 111 Å². The van der Waals surface area contributed by atoms with Gasteiger partial charge in [-0.05, 0) is 30.4 Å². The highest BCUT2D eigenvalue weighted by atomic mass is 16.8. The molecule has 0 bridgehead atoms. The first-order chi connectivity index (χ1) is 44.6. The van der Waals surface area contributed by atoms with Gasteiger partial charge in [0.05, 0.1) is 37.8 Å². The molecule has 0 radical (unpaired) electrons. The van der Waals surface area contributed by atoms with Crippen molar-refractivity contribution in [2.75, 3.05) is 39.5 Å². The molecule has 27 nitrogen and oxygen atoms in total. The molecule has 3 amide bonds. The van der Waals surface area contributed by atoms with Crippen LogP contribution in [0.3, 0.4) is 0 Å². The van der Waals surface area contributed by atoms with Crippen molar-refractivity contribution >= 4 is 18.1 Å². The van der Waals surface area contributed by atoms with Crippen LogP contribution < -0.4 is 28.3 Å². The molecule has 23 atom stereocenters. The Morgan fingerprint density at radius 2 is 1.03 bits per heavy atom. The first-order valence-corrected chi connectivity index (χ1v) is 31.7. The molecule has 0 aromatic heterocycles. The van der Waals surface area contributed by atoms with E-state index in [2.05, 4.69) is 5.32 Å². The molecule has 1 saturated carbocycles. The highest BCUT2D eigenvalue weighted by molar-refractivity contribution is 5.82.